The SMILES string of the molecule is CC(c1cccc2c1ncn2COCC[Si](C)(C)C)N(C)C(=O)OC(C)(C)C. The van der Waals surface area contributed by atoms with E-state index in [0.29, 0.717) is 6.73 Å². The average molecular weight is 406 g/mol. The van der Waals surface area contributed by atoms with Crippen molar-refractivity contribution in [3.63, 3.8) is 0 Å². The van der Waals surface area contributed by atoms with Gasteiger partial charge in [-0.25, -0.2) is 9.78 Å². The molecule has 1 aromatic heterocycles. The first-order chi connectivity index (χ1) is 12.9. The first-order valence-electron chi connectivity index (χ1n) is 9.86. The Kier molecular flexibility index (Phi) is 6.93. The quantitative estimate of drug-likeness (QED) is 0.465. The molecule has 0 saturated heterocycles. The number of para-hydroxylation sites is 1. The highest BCUT2D eigenvalue weighted by molar-refractivity contribution is 6.76. The molecule has 0 saturated carbocycles. The third-order valence-corrected chi connectivity index (χ3v) is 6.32. The van der Waals surface area contributed by atoms with Gasteiger partial charge in [0.25, 0.3) is 0 Å². The molecule has 0 spiro atoms. The van der Waals surface area contributed by atoms with Gasteiger partial charge in [-0.1, -0.05) is 31.8 Å². The molecule has 6 nitrogen and oxygen atoms in total. The lowest BCUT2D eigenvalue weighted by Crippen LogP contribution is -2.35. The Morgan fingerprint density at radius 1 is 1.29 bits per heavy atom. The van der Waals surface area contributed by atoms with Gasteiger partial charge >= 0.3 is 6.09 Å². The third kappa shape index (κ3) is 6.07. The molecule has 7 heteroatoms. The second-order valence-electron chi connectivity index (χ2n) is 9.54. The maximum Gasteiger partial charge on any atom is 0.410 e. The van der Waals surface area contributed by atoms with Crippen LogP contribution in [0.3, 0.4) is 0 Å². The number of carbonyl (C=O) groups excluding carboxylic acids is 1. The molecule has 0 radical (unpaired) electrons. The second-order valence-corrected chi connectivity index (χ2v) is 15.2. The summed E-state index contributed by atoms with van der Waals surface area (Å²) in [6.07, 6.45) is 1.47. The van der Waals surface area contributed by atoms with Gasteiger partial charge in [-0.05, 0) is 39.8 Å². The summed E-state index contributed by atoms with van der Waals surface area (Å²) in [5.74, 6) is 0. The number of carbonyl (C=O) groups is 1. The minimum absolute atomic E-state index is 0.158. The monoisotopic (exact) mass is 405 g/mol. The number of hydrogen-bond acceptors (Lipinski definition) is 4. The molecule has 2 aromatic rings. The predicted octanol–water partition coefficient (Wildman–Crippen LogP) is 5.28. The van der Waals surface area contributed by atoms with Crippen molar-refractivity contribution in [2.45, 2.75) is 71.8 Å². The topological polar surface area (TPSA) is 56.6 Å². The largest absolute Gasteiger partial charge is 0.444 e. The van der Waals surface area contributed by atoms with E-state index >= 15 is 0 Å². The second kappa shape index (κ2) is 8.65. The number of ether oxygens (including phenoxy) is 2. The van der Waals surface area contributed by atoms with E-state index in [0.717, 1.165) is 29.2 Å². The van der Waals surface area contributed by atoms with E-state index < -0.39 is 13.7 Å². The Morgan fingerprint density at radius 3 is 2.57 bits per heavy atom. The number of imidazole rings is 1. The molecule has 1 atom stereocenters. The Morgan fingerprint density at radius 2 is 1.96 bits per heavy atom. The van der Waals surface area contributed by atoms with Gasteiger partial charge in [0.15, 0.2) is 0 Å². The zero-order valence-corrected chi connectivity index (χ0v) is 19.6. The minimum Gasteiger partial charge on any atom is -0.444 e. The summed E-state index contributed by atoms with van der Waals surface area (Å²) in [5, 5.41) is 0. The van der Waals surface area contributed by atoms with E-state index in [4.69, 9.17) is 9.47 Å². The van der Waals surface area contributed by atoms with E-state index in [1.54, 1.807) is 11.9 Å². The van der Waals surface area contributed by atoms with Crippen molar-refractivity contribution in [2.24, 2.45) is 0 Å². The molecule has 1 heterocycles. The number of fused-ring (bicyclic) bond motifs is 1. The van der Waals surface area contributed by atoms with Crippen molar-refractivity contribution >= 4 is 25.2 Å². The van der Waals surface area contributed by atoms with Crippen molar-refractivity contribution < 1.29 is 14.3 Å². The van der Waals surface area contributed by atoms with E-state index in [-0.39, 0.29) is 12.1 Å². The van der Waals surface area contributed by atoms with Crippen LogP contribution in [0.25, 0.3) is 11.0 Å². The highest BCUT2D eigenvalue weighted by Crippen LogP contribution is 2.27. The van der Waals surface area contributed by atoms with Gasteiger partial charge in [0.2, 0.25) is 0 Å². The van der Waals surface area contributed by atoms with Crippen LogP contribution >= 0.6 is 0 Å². The van der Waals surface area contributed by atoms with Crippen molar-refractivity contribution in [3.8, 4) is 0 Å². The van der Waals surface area contributed by atoms with Crippen LogP contribution < -0.4 is 0 Å². The number of aromatic nitrogens is 2. The zero-order chi connectivity index (χ0) is 21.1. The normalized spacial score (nSPS) is 13.6. The minimum atomic E-state index is -1.10. The molecule has 1 amide bonds. The van der Waals surface area contributed by atoms with Crippen molar-refractivity contribution in [3.05, 3.63) is 30.1 Å². The van der Waals surface area contributed by atoms with Crippen LogP contribution in [0.4, 0.5) is 4.79 Å². The summed E-state index contributed by atoms with van der Waals surface area (Å²) in [6, 6.07) is 7.03. The zero-order valence-electron chi connectivity index (χ0n) is 18.6. The number of hydrogen-bond donors (Lipinski definition) is 0. The smallest absolute Gasteiger partial charge is 0.410 e. The van der Waals surface area contributed by atoms with Crippen LogP contribution in [-0.4, -0.2) is 47.9 Å². The van der Waals surface area contributed by atoms with Gasteiger partial charge in [0.1, 0.15) is 12.3 Å². The Hall–Kier alpha value is -1.86. The third-order valence-electron chi connectivity index (χ3n) is 4.62. The van der Waals surface area contributed by atoms with Gasteiger partial charge in [-0.2, -0.15) is 0 Å². The molecule has 1 unspecified atom stereocenters. The summed E-state index contributed by atoms with van der Waals surface area (Å²) < 4.78 is 13.4. The molecule has 0 aliphatic carbocycles. The lowest BCUT2D eigenvalue weighted by Gasteiger charge is -2.29. The molecule has 1 aromatic carbocycles. The standard InChI is InChI=1S/C21H35N3O3Si/c1-16(23(5)20(25)27-21(2,3)4)17-10-9-11-18-19(17)22-14-24(18)15-26-12-13-28(6,7)8/h9-11,14,16H,12-13,15H2,1-8H3. The molecular formula is C21H35N3O3Si. The molecule has 0 aliphatic rings. The molecule has 156 valence electrons. The Balaban J connectivity index is 2.14. The van der Waals surface area contributed by atoms with Crippen LogP contribution in [0, 0.1) is 0 Å². The van der Waals surface area contributed by atoms with Crippen molar-refractivity contribution in [2.75, 3.05) is 13.7 Å². The fraction of sp³-hybridized carbons (Fsp3) is 0.619. The lowest BCUT2D eigenvalue weighted by molar-refractivity contribution is 0.0235. The van der Waals surface area contributed by atoms with Gasteiger partial charge in [-0.15, -0.1) is 0 Å². The van der Waals surface area contributed by atoms with E-state index in [2.05, 4.69) is 24.6 Å². The fourth-order valence-electron chi connectivity index (χ4n) is 2.79. The molecule has 0 fully saturated rings. The average Bonchev–Trinajstić information content (AvgIpc) is 2.98. The molecule has 0 N–H and O–H groups in total. The highest BCUT2D eigenvalue weighted by Gasteiger charge is 2.25. The predicted molar refractivity (Wildman–Crippen MR) is 116 cm³/mol. The Bertz CT molecular complexity index is 805. The van der Waals surface area contributed by atoms with Gasteiger partial charge in [0.05, 0.1) is 23.4 Å². The van der Waals surface area contributed by atoms with Crippen LogP contribution in [-0.2, 0) is 16.2 Å². The molecular weight excluding hydrogens is 370 g/mol. The molecule has 0 aliphatic heterocycles. The molecule has 0 bridgehead atoms. The van der Waals surface area contributed by atoms with Crippen LogP contribution in [0.5, 0.6) is 0 Å². The summed E-state index contributed by atoms with van der Waals surface area (Å²) in [5.41, 5.74) is 2.37. The van der Waals surface area contributed by atoms with E-state index in [1.165, 1.54) is 0 Å². The van der Waals surface area contributed by atoms with Gasteiger partial charge in [-0.3, -0.25) is 0 Å². The lowest BCUT2D eigenvalue weighted by atomic mass is 10.1. The maximum absolute atomic E-state index is 12.4. The van der Waals surface area contributed by atoms with Crippen LogP contribution in [0.15, 0.2) is 24.5 Å². The highest BCUT2D eigenvalue weighted by atomic mass is 28.3. The summed E-state index contributed by atoms with van der Waals surface area (Å²) in [6.45, 7) is 15.9. The molecule has 28 heavy (non-hydrogen) atoms. The Labute approximate surface area is 169 Å². The summed E-state index contributed by atoms with van der Waals surface area (Å²) in [4.78, 5) is 18.6. The van der Waals surface area contributed by atoms with Gasteiger partial charge in [0, 0.05) is 27.3 Å². The van der Waals surface area contributed by atoms with Gasteiger partial charge < -0.3 is 18.9 Å². The van der Waals surface area contributed by atoms with Crippen molar-refractivity contribution in [1.29, 1.82) is 0 Å². The first kappa shape index (κ1) is 22.4. The van der Waals surface area contributed by atoms with Crippen LogP contribution in [0.1, 0.15) is 39.3 Å². The number of rotatable bonds is 7. The number of amides is 1. The van der Waals surface area contributed by atoms with Crippen molar-refractivity contribution in [1.82, 2.24) is 14.5 Å². The first-order valence-corrected chi connectivity index (χ1v) is 13.6. The van der Waals surface area contributed by atoms with Crippen LogP contribution in [0.2, 0.25) is 25.7 Å². The summed E-state index contributed by atoms with van der Waals surface area (Å²) in [7, 11) is 0.661. The van der Waals surface area contributed by atoms with E-state index in [9.17, 15) is 4.79 Å². The number of benzene rings is 1. The maximum atomic E-state index is 12.4. The fourth-order valence-corrected chi connectivity index (χ4v) is 3.55. The molecule has 2 rings (SSSR count). The number of nitrogens with zero attached hydrogens (tertiary/aromatic N) is 3. The summed E-state index contributed by atoms with van der Waals surface area (Å²) >= 11 is 0. The van der Waals surface area contributed by atoms with E-state index in [1.807, 2.05) is 56.8 Å².